The van der Waals surface area contributed by atoms with Crippen LogP contribution in [0.4, 0.5) is 9.18 Å². The fourth-order valence-corrected chi connectivity index (χ4v) is 1.63. The molecule has 1 aromatic rings. The summed E-state index contributed by atoms with van der Waals surface area (Å²) in [5.41, 5.74) is 0.822. The van der Waals surface area contributed by atoms with E-state index in [2.05, 4.69) is 10.6 Å². The van der Waals surface area contributed by atoms with Gasteiger partial charge in [0.15, 0.2) is 0 Å². The van der Waals surface area contributed by atoms with Crippen LogP contribution in [0.5, 0.6) is 0 Å². The monoisotopic (exact) mass is 282 g/mol. The molecule has 6 heteroatoms. The van der Waals surface area contributed by atoms with Crippen molar-refractivity contribution in [3.63, 3.8) is 0 Å². The van der Waals surface area contributed by atoms with Crippen molar-refractivity contribution in [2.75, 3.05) is 6.54 Å². The van der Waals surface area contributed by atoms with E-state index in [9.17, 15) is 14.0 Å². The molecule has 0 aliphatic heterocycles. The van der Waals surface area contributed by atoms with Gasteiger partial charge in [0.05, 0.1) is 0 Å². The molecule has 5 nitrogen and oxygen atoms in total. The largest absolute Gasteiger partial charge is 0.481 e. The Kier molecular flexibility index (Phi) is 7.10. The molecular weight excluding hydrogens is 263 g/mol. The molecule has 0 radical (unpaired) electrons. The van der Waals surface area contributed by atoms with Gasteiger partial charge in [-0.3, -0.25) is 4.79 Å². The van der Waals surface area contributed by atoms with E-state index in [1.165, 1.54) is 12.1 Å². The molecule has 0 aliphatic rings. The van der Waals surface area contributed by atoms with Gasteiger partial charge in [-0.25, -0.2) is 9.18 Å². The SMILES string of the molecule is O=C(O)CCCCCNC(=O)NCc1ccc(F)cc1. The van der Waals surface area contributed by atoms with Crippen LogP contribution in [0.1, 0.15) is 31.2 Å². The highest BCUT2D eigenvalue weighted by molar-refractivity contribution is 5.73. The quantitative estimate of drug-likeness (QED) is 0.640. The standard InChI is InChI=1S/C14H19FN2O3/c15-12-7-5-11(6-8-12)10-17-14(20)16-9-3-1-2-4-13(18)19/h5-8H,1-4,9-10H2,(H,18,19)(H2,16,17,20). The summed E-state index contributed by atoms with van der Waals surface area (Å²) in [6.07, 6.45) is 2.30. The average molecular weight is 282 g/mol. The molecule has 0 unspecified atom stereocenters. The first-order valence-corrected chi connectivity index (χ1v) is 6.56. The number of halogens is 1. The molecule has 0 heterocycles. The van der Waals surface area contributed by atoms with Crippen LogP contribution in [0, 0.1) is 5.82 Å². The number of hydrogen-bond donors (Lipinski definition) is 3. The van der Waals surface area contributed by atoms with Crippen LogP contribution in [0.3, 0.4) is 0 Å². The lowest BCUT2D eigenvalue weighted by molar-refractivity contribution is -0.137. The van der Waals surface area contributed by atoms with Crippen LogP contribution in [-0.2, 0) is 11.3 Å². The summed E-state index contributed by atoms with van der Waals surface area (Å²) in [7, 11) is 0. The van der Waals surface area contributed by atoms with Gasteiger partial charge < -0.3 is 15.7 Å². The lowest BCUT2D eigenvalue weighted by Gasteiger charge is -2.07. The number of rotatable bonds is 8. The zero-order valence-electron chi connectivity index (χ0n) is 11.2. The predicted molar refractivity (Wildman–Crippen MR) is 72.7 cm³/mol. The topological polar surface area (TPSA) is 78.4 Å². The maximum atomic E-state index is 12.7. The van der Waals surface area contributed by atoms with Crippen molar-refractivity contribution in [2.45, 2.75) is 32.2 Å². The Bertz CT molecular complexity index is 435. The van der Waals surface area contributed by atoms with Gasteiger partial charge in [0.25, 0.3) is 0 Å². The molecular formula is C14H19FN2O3. The highest BCUT2D eigenvalue weighted by Gasteiger charge is 2.01. The number of aliphatic carboxylic acids is 1. The Morgan fingerprint density at radius 3 is 2.40 bits per heavy atom. The van der Waals surface area contributed by atoms with Crippen molar-refractivity contribution in [2.24, 2.45) is 0 Å². The van der Waals surface area contributed by atoms with E-state index in [4.69, 9.17) is 5.11 Å². The molecule has 0 atom stereocenters. The number of benzene rings is 1. The van der Waals surface area contributed by atoms with Crippen LogP contribution in [0.15, 0.2) is 24.3 Å². The van der Waals surface area contributed by atoms with Gasteiger partial charge in [0.2, 0.25) is 0 Å². The van der Waals surface area contributed by atoms with Crippen LogP contribution < -0.4 is 10.6 Å². The molecule has 0 bridgehead atoms. The van der Waals surface area contributed by atoms with Crippen LogP contribution >= 0.6 is 0 Å². The van der Waals surface area contributed by atoms with E-state index < -0.39 is 5.97 Å². The maximum Gasteiger partial charge on any atom is 0.315 e. The van der Waals surface area contributed by atoms with Crippen molar-refractivity contribution >= 4 is 12.0 Å². The first-order chi connectivity index (χ1) is 9.58. The summed E-state index contributed by atoms with van der Waals surface area (Å²) in [5.74, 6) is -1.10. The second-order valence-corrected chi connectivity index (χ2v) is 4.44. The highest BCUT2D eigenvalue weighted by atomic mass is 19.1. The fourth-order valence-electron chi connectivity index (χ4n) is 1.63. The van der Waals surface area contributed by atoms with Crippen molar-refractivity contribution in [3.05, 3.63) is 35.6 Å². The Morgan fingerprint density at radius 2 is 1.75 bits per heavy atom. The van der Waals surface area contributed by atoms with E-state index in [0.29, 0.717) is 19.5 Å². The summed E-state index contributed by atoms with van der Waals surface area (Å²) in [5, 5.41) is 13.8. The molecule has 1 aromatic carbocycles. The molecule has 0 aromatic heterocycles. The number of carbonyl (C=O) groups is 2. The van der Waals surface area contributed by atoms with Gasteiger partial charge in [0, 0.05) is 19.5 Å². The molecule has 0 saturated carbocycles. The Balaban J connectivity index is 2.06. The third kappa shape index (κ3) is 7.35. The second-order valence-electron chi connectivity index (χ2n) is 4.44. The summed E-state index contributed by atoms with van der Waals surface area (Å²) < 4.78 is 12.7. The molecule has 20 heavy (non-hydrogen) atoms. The predicted octanol–water partition coefficient (Wildman–Crippen LogP) is 2.27. The molecule has 110 valence electrons. The van der Waals surface area contributed by atoms with E-state index in [1.807, 2.05) is 0 Å². The maximum absolute atomic E-state index is 12.7. The average Bonchev–Trinajstić information content (AvgIpc) is 2.41. The van der Waals surface area contributed by atoms with Gasteiger partial charge in [-0.1, -0.05) is 18.6 Å². The summed E-state index contributed by atoms with van der Waals surface area (Å²) in [4.78, 5) is 21.7. The van der Waals surface area contributed by atoms with Gasteiger partial charge in [-0.2, -0.15) is 0 Å². The molecule has 3 N–H and O–H groups in total. The Hall–Kier alpha value is -2.11. The minimum Gasteiger partial charge on any atom is -0.481 e. The fraction of sp³-hybridized carbons (Fsp3) is 0.429. The number of unbranched alkanes of at least 4 members (excludes halogenated alkanes) is 2. The second kappa shape index (κ2) is 8.90. The third-order valence-corrected chi connectivity index (χ3v) is 2.72. The molecule has 0 fully saturated rings. The molecule has 1 rings (SSSR count). The number of carbonyl (C=O) groups excluding carboxylic acids is 1. The normalized spacial score (nSPS) is 10.1. The third-order valence-electron chi connectivity index (χ3n) is 2.72. The van der Waals surface area contributed by atoms with Crippen molar-refractivity contribution < 1.29 is 19.1 Å². The van der Waals surface area contributed by atoms with Crippen molar-refractivity contribution in [3.8, 4) is 0 Å². The first kappa shape index (κ1) is 15.9. The number of carboxylic acid groups (broad SMARTS) is 1. The van der Waals surface area contributed by atoms with Crippen molar-refractivity contribution in [1.29, 1.82) is 0 Å². The number of hydrogen-bond acceptors (Lipinski definition) is 2. The number of urea groups is 1. The molecule has 0 spiro atoms. The highest BCUT2D eigenvalue weighted by Crippen LogP contribution is 2.02. The zero-order chi connectivity index (χ0) is 14.8. The van der Waals surface area contributed by atoms with Gasteiger partial charge in [-0.05, 0) is 30.5 Å². The minimum atomic E-state index is -0.796. The van der Waals surface area contributed by atoms with E-state index in [-0.39, 0.29) is 18.3 Å². The molecule has 0 saturated heterocycles. The lowest BCUT2D eigenvalue weighted by Crippen LogP contribution is -2.35. The lowest BCUT2D eigenvalue weighted by atomic mass is 10.2. The van der Waals surface area contributed by atoms with Gasteiger partial charge in [0.1, 0.15) is 5.82 Å². The summed E-state index contributed by atoms with van der Waals surface area (Å²) in [6, 6.07) is 5.63. The Morgan fingerprint density at radius 1 is 1.05 bits per heavy atom. The Labute approximate surface area is 117 Å². The first-order valence-electron chi connectivity index (χ1n) is 6.56. The van der Waals surface area contributed by atoms with E-state index in [1.54, 1.807) is 12.1 Å². The smallest absolute Gasteiger partial charge is 0.315 e. The number of amides is 2. The van der Waals surface area contributed by atoms with Crippen LogP contribution in [0.2, 0.25) is 0 Å². The van der Waals surface area contributed by atoms with E-state index in [0.717, 1.165) is 18.4 Å². The van der Waals surface area contributed by atoms with Crippen LogP contribution in [0.25, 0.3) is 0 Å². The molecule has 0 aliphatic carbocycles. The zero-order valence-corrected chi connectivity index (χ0v) is 11.2. The van der Waals surface area contributed by atoms with E-state index >= 15 is 0 Å². The number of nitrogens with one attached hydrogen (secondary N) is 2. The van der Waals surface area contributed by atoms with Gasteiger partial charge >= 0.3 is 12.0 Å². The van der Waals surface area contributed by atoms with Crippen LogP contribution in [-0.4, -0.2) is 23.7 Å². The molecule has 2 amide bonds. The number of carboxylic acids is 1. The van der Waals surface area contributed by atoms with Crippen molar-refractivity contribution in [1.82, 2.24) is 10.6 Å². The minimum absolute atomic E-state index is 0.163. The summed E-state index contributed by atoms with van der Waals surface area (Å²) >= 11 is 0. The summed E-state index contributed by atoms with van der Waals surface area (Å²) in [6.45, 7) is 0.847. The van der Waals surface area contributed by atoms with Gasteiger partial charge in [-0.15, -0.1) is 0 Å².